The number of hydrogen-bond donors (Lipinski definition) is 2. The van der Waals surface area contributed by atoms with Gasteiger partial charge in [0.05, 0.1) is 11.5 Å². The molecule has 9 heteroatoms. The standard InChI is InChI=1S/C12H20N4O3S2/c1-8(2)7-14-12-15-10(13)9(20-12)11(17)16-3-5-21(18,19)6-4-16/h8H,3-7,13H2,1-2H3,(H,14,15). The molecule has 1 aromatic rings. The highest BCUT2D eigenvalue weighted by Gasteiger charge is 2.28. The average molecular weight is 332 g/mol. The molecule has 0 atom stereocenters. The van der Waals surface area contributed by atoms with E-state index < -0.39 is 9.84 Å². The first kappa shape index (κ1) is 16.0. The zero-order valence-corrected chi connectivity index (χ0v) is 13.8. The van der Waals surface area contributed by atoms with Crippen LogP contribution in [-0.2, 0) is 9.84 Å². The second-order valence-corrected chi connectivity index (χ2v) is 8.75. The Kier molecular flexibility index (Phi) is 4.72. The van der Waals surface area contributed by atoms with Crippen LogP contribution in [0.15, 0.2) is 0 Å². The van der Waals surface area contributed by atoms with Gasteiger partial charge in [-0.2, -0.15) is 0 Å². The van der Waals surface area contributed by atoms with Crippen molar-refractivity contribution in [3.8, 4) is 0 Å². The van der Waals surface area contributed by atoms with Crippen molar-refractivity contribution in [3.63, 3.8) is 0 Å². The fourth-order valence-electron chi connectivity index (χ4n) is 1.91. The maximum Gasteiger partial charge on any atom is 0.267 e. The first-order chi connectivity index (χ1) is 9.78. The summed E-state index contributed by atoms with van der Waals surface area (Å²) < 4.78 is 22.8. The van der Waals surface area contributed by atoms with Crippen LogP contribution in [0.2, 0.25) is 0 Å². The van der Waals surface area contributed by atoms with Crippen LogP contribution in [0.4, 0.5) is 10.9 Å². The quantitative estimate of drug-likeness (QED) is 0.839. The topological polar surface area (TPSA) is 105 Å². The molecule has 1 aliphatic rings. The van der Waals surface area contributed by atoms with E-state index in [-0.39, 0.29) is 36.3 Å². The van der Waals surface area contributed by atoms with Gasteiger partial charge < -0.3 is 16.0 Å². The number of carbonyl (C=O) groups is 1. The summed E-state index contributed by atoms with van der Waals surface area (Å²) in [4.78, 5) is 18.4. The van der Waals surface area contributed by atoms with Crippen LogP contribution in [-0.4, -0.2) is 55.3 Å². The number of carbonyl (C=O) groups excluding carboxylic acids is 1. The maximum absolute atomic E-state index is 12.4. The van der Waals surface area contributed by atoms with Crippen LogP contribution in [0.25, 0.3) is 0 Å². The fourth-order valence-corrected chi connectivity index (χ4v) is 3.97. The van der Waals surface area contributed by atoms with Crippen molar-refractivity contribution in [1.29, 1.82) is 0 Å². The summed E-state index contributed by atoms with van der Waals surface area (Å²) in [5, 5.41) is 3.76. The van der Waals surface area contributed by atoms with Gasteiger partial charge in [0.1, 0.15) is 10.7 Å². The Morgan fingerprint density at radius 3 is 2.62 bits per heavy atom. The zero-order chi connectivity index (χ0) is 15.6. The Hall–Kier alpha value is -1.35. The van der Waals surface area contributed by atoms with E-state index in [0.717, 1.165) is 6.54 Å². The number of nitrogen functional groups attached to an aromatic ring is 1. The molecule has 1 amide bonds. The molecule has 0 aromatic carbocycles. The monoisotopic (exact) mass is 332 g/mol. The second-order valence-electron chi connectivity index (χ2n) is 5.45. The second kappa shape index (κ2) is 6.18. The van der Waals surface area contributed by atoms with Crippen LogP contribution in [0.1, 0.15) is 23.5 Å². The summed E-state index contributed by atoms with van der Waals surface area (Å²) in [6, 6.07) is 0. The lowest BCUT2D eigenvalue weighted by atomic mass is 10.2. The van der Waals surface area contributed by atoms with Crippen molar-refractivity contribution in [2.24, 2.45) is 5.92 Å². The molecule has 21 heavy (non-hydrogen) atoms. The van der Waals surface area contributed by atoms with Crippen molar-refractivity contribution in [2.75, 3.05) is 42.2 Å². The van der Waals surface area contributed by atoms with Gasteiger partial charge in [-0.05, 0) is 5.92 Å². The minimum Gasteiger partial charge on any atom is -0.382 e. The van der Waals surface area contributed by atoms with Crippen molar-refractivity contribution in [3.05, 3.63) is 4.88 Å². The lowest BCUT2D eigenvalue weighted by Crippen LogP contribution is -2.43. The van der Waals surface area contributed by atoms with Crippen LogP contribution in [0.5, 0.6) is 0 Å². The smallest absolute Gasteiger partial charge is 0.267 e. The van der Waals surface area contributed by atoms with Gasteiger partial charge in [0.15, 0.2) is 15.0 Å². The lowest BCUT2D eigenvalue weighted by molar-refractivity contribution is 0.0776. The van der Waals surface area contributed by atoms with Crippen LogP contribution < -0.4 is 11.1 Å². The van der Waals surface area contributed by atoms with E-state index in [9.17, 15) is 13.2 Å². The lowest BCUT2D eigenvalue weighted by Gasteiger charge is -2.26. The minimum absolute atomic E-state index is 0.00983. The van der Waals surface area contributed by atoms with Crippen molar-refractivity contribution >= 4 is 38.0 Å². The number of rotatable bonds is 4. The molecule has 7 nitrogen and oxygen atoms in total. The number of nitrogens with zero attached hydrogens (tertiary/aromatic N) is 2. The molecular weight excluding hydrogens is 312 g/mol. The van der Waals surface area contributed by atoms with E-state index in [1.807, 2.05) is 0 Å². The van der Waals surface area contributed by atoms with E-state index >= 15 is 0 Å². The highest BCUT2D eigenvalue weighted by molar-refractivity contribution is 7.91. The molecule has 0 bridgehead atoms. The average Bonchev–Trinajstić information content (AvgIpc) is 2.77. The summed E-state index contributed by atoms with van der Waals surface area (Å²) in [5.74, 6) is 0.440. The van der Waals surface area contributed by atoms with Crippen LogP contribution >= 0.6 is 11.3 Å². The molecule has 0 unspecified atom stereocenters. The number of sulfone groups is 1. The van der Waals surface area contributed by atoms with E-state index in [4.69, 9.17) is 5.73 Å². The number of aromatic nitrogens is 1. The summed E-state index contributed by atoms with van der Waals surface area (Å²) in [7, 11) is -3.00. The summed E-state index contributed by atoms with van der Waals surface area (Å²) in [5.41, 5.74) is 5.80. The SMILES string of the molecule is CC(C)CNc1nc(N)c(C(=O)N2CCS(=O)(=O)CC2)s1. The van der Waals surface area contributed by atoms with Crippen molar-refractivity contribution in [2.45, 2.75) is 13.8 Å². The van der Waals surface area contributed by atoms with Crippen LogP contribution in [0.3, 0.4) is 0 Å². The summed E-state index contributed by atoms with van der Waals surface area (Å²) >= 11 is 1.22. The van der Waals surface area contributed by atoms with Gasteiger partial charge in [-0.1, -0.05) is 25.2 Å². The third kappa shape index (κ3) is 4.07. The van der Waals surface area contributed by atoms with Gasteiger partial charge in [-0.25, -0.2) is 13.4 Å². The molecule has 118 valence electrons. The number of nitrogens with two attached hydrogens (primary N) is 1. The summed E-state index contributed by atoms with van der Waals surface area (Å²) in [6.07, 6.45) is 0. The Morgan fingerprint density at radius 1 is 1.43 bits per heavy atom. The van der Waals surface area contributed by atoms with Gasteiger partial charge in [-0.15, -0.1) is 0 Å². The number of nitrogens with one attached hydrogen (secondary N) is 1. The molecule has 1 fully saturated rings. The van der Waals surface area contributed by atoms with Crippen LogP contribution in [0, 0.1) is 5.92 Å². The molecule has 2 heterocycles. The predicted molar refractivity (Wildman–Crippen MR) is 84.4 cm³/mol. The van der Waals surface area contributed by atoms with Gasteiger partial charge in [0.2, 0.25) is 0 Å². The van der Waals surface area contributed by atoms with Gasteiger partial charge in [0, 0.05) is 19.6 Å². The molecule has 0 aliphatic carbocycles. The zero-order valence-electron chi connectivity index (χ0n) is 12.1. The molecule has 1 aromatic heterocycles. The fraction of sp³-hybridized carbons (Fsp3) is 0.667. The normalized spacial score (nSPS) is 18.0. The van der Waals surface area contributed by atoms with E-state index in [0.29, 0.717) is 15.9 Å². The Bertz CT molecular complexity index is 610. The number of thiazole rings is 1. The molecule has 0 spiro atoms. The Labute approximate surface area is 128 Å². The third-order valence-electron chi connectivity index (χ3n) is 3.14. The van der Waals surface area contributed by atoms with Gasteiger partial charge >= 0.3 is 0 Å². The van der Waals surface area contributed by atoms with Gasteiger partial charge in [-0.3, -0.25) is 4.79 Å². The Balaban J connectivity index is 2.06. The van der Waals surface area contributed by atoms with Crippen molar-refractivity contribution < 1.29 is 13.2 Å². The highest BCUT2D eigenvalue weighted by atomic mass is 32.2. The Morgan fingerprint density at radius 2 is 2.05 bits per heavy atom. The van der Waals surface area contributed by atoms with Gasteiger partial charge in [0.25, 0.3) is 5.91 Å². The number of amides is 1. The molecule has 0 radical (unpaired) electrons. The predicted octanol–water partition coefficient (Wildman–Crippen LogP) is 0.664. The first-order valence-electron chi connectivity index (χ1n) is 6.78. The highest BCUT2D eigenvalue weighted by Crippen LogP contribution is 2.27. The summed E-state index contributed by atoms with van der Waals surface area (Å²) in [6.45, 7) is 5.33. The number of hydrogen-bond acceptors (Lipinski definition) is 7. The van der Waals surface area contributed by atoms with Crippen molar-refractivity contribution in [1.82, 2.24) is 9.88 Å². The molecule has 1 aliphatic heterocycles. The maximum atomic E-state index is 12.4. The van der Waals surface area contributed by atoms with E-state index in [1.54, 1.807) is 0 Å². The molecular formula is C12H20N4O3S2. The first-order valence-corrected chi connectivity index (χ1v) is 9.42. The molecule has 0 saturated carbocycles. The molecule has 1 saturated heterocycles. The van der Waals surface area contributed by atoms with E-state index in [1.165, 1.54) is 16.2 Å². The largest absolute Gasteiger partial charge is 0.382 e. The minimum atomic E-state index is -3.00. The third-order valence-corrected chi connectivity index (χ3v) is 5.77. The molecule has 2 rings (SSSR count). The molecule has 3 N–H and O–H groups in total. The number of anilines is 2. The van der Waals surface area contributed by atoms with E-state index in [2.05, 4.69) is 24.1 Å².